The Bertz CT molecular complexity index is 1050. The molecule has 0 amide bonds. The highest BCUT2D eigenvalue weighted by Gasteiger charge is 2.16. The van der Waals surface area contributed by atoms with Crippen LogP contribution in [0.5, 0.6) is 5.75 Å². The fourth-order valence-corrected chi connectivity index (χ4v) is 2.94. The van der Waals surface area contributed by atoms with Gasteiger partial charge in [-0.1, -0.05) is 35.9 Å². The van der Waals surface area contributed by atoms with E-state index in [-0.39, 0.29) is 18.1 Å². The first-order valence-electron chi connectivity index (χ1n) is 8.77. The van der Waals surface area contributed by atoms with Crippen molar-refractivity contribution < 1.29 is 27.8 Å². The summed E-state index contributed by atoms with van der Waals surface area (Å²) < 4.78 is 47.2. The molecule has 3 aromatic carbocycles. The van der Waals surface area contributed by atoms with E-state index in [2.05, 4.69) is 5.32 Å². The van der Waals surface area contributed by atoms with Gasteiger partial charge in [-0.3, -0.25) is 0 Å². The smallest absolute Gasteiger partial charge is 0.341 e. The molecule has 0 aromatic heterocycles. The Morgan fingerprint density at radius 3 is 2.59 bits per heavy atom. The van der Waals surface area contributed by atoms with Crippen LogP contribution < -0.4 is 10.1 Å². The highest BCUT2D eigenvalue weighted by molar-refractivity contribution is 5.69. The van der Waals surface area contributed by atoms with E-state index in [0.29, 0.717) is 11.1 Å². The molecule has 0 bridgehead atoms. The number of aryl methyl sites for hydroxylation is 1. The van der Waals surface area contributed by atoms with E-state index in [0.717, 1.165) is 23.3 Å². The van der Waals surface area contributed by atoms with Gasteiger partial charge in [0.05, 0.1) is 0 Å². The van der Waals surface area contributed by atoms with Gasteiger partial charge < -0.3 is 15.2 Å². The van der Waals surface area contributed by atoms with Crippen molar-refractivity contribution in [3.8, 4) is 16.9 Å². The van der Waals surface area contributed by atoms with Crippen molar-refractivity contribution in [2.75, 3.05) is 11.9 Å². The Balaban J connectivity index is 1.89. The number of anilines is 1. The van der Waals surface area contributed by atoms with Crippen LogP contribution in [-0.2, 0) is 11.3 Å². The van der Waals surface area contributed by atoms with Gasteiger partial charge in [0.15, 0.2) is 18.2 Å². The molecule has 0 aliphatic heterocycles. The van der Waals surface area contributed by atoms with E-state index < -0.39 is 29.9 Å². The fourth-order valence-electron chi connectivity index (χ4n) is 2.94. The van der Waals surface area contributed by atoms with Gasteiger partial charge in [-0.15, -0.1) is 0 Å². The Hall–Kier alpha value is -3.48. The molecule has 2 N–H and O–H groups in total. The van der Waals surface area contributed by atoms with Crippen molar-refractivity contribution in [2.24, 2.45) is 0 Å². The zero-order valence-electron chi connectivity index (χ0n) is 15.5. The summed E-state index contributed by atoms with van der Waals surface area (Å²) >= 11 is 0. The monoisotopic (exact) mass is 401 g/mol. The van der Waals surface area contributed by atoms with Gasteiger partial charge in [-0.25, -0.2) is 18.0 Å². The Kier molecular flexibility index (Phi) is 6.07. The predicted molar refractivity (Wildman–Crippen MR) is 103 cm³/mol. The lowest BCUT2D eigenvalue weighted by Crippen LogP contribution is -2.12. The lowest BCUT2D eigenvalue weighted by atomic mass is 9.97. The maximum absolute atomic E-state index is 14.6. The van der Waals surface area contributed by atoms with Gasteiger partial charge >= 0.3 is 5.97 Å². The number of carboxylic acids is 1. The van der Waals surface area contributed by atoms with Gasteiger partial charge in [-0.2, -0.15) is 0 Å². The second-order valence-electron chi connectivity index (χ2n) is 6.44. The molecule has 0 saturated carbocycles. The Morgan fingerprint density at radius 2 is 1.86 bits per heavy atom. The molecule has 0 spiro atoms. The average molecular weight is 401 g/mol. The van der Waals surface area contributed by atoms with Gasteiger partial charge in [0.1, 0.15) is 17.3 Å². The highest BCUT2D eigenvalue weighted by atomic mass is 19.1. The molecular weight excluding hydrogens is 383 g/mol. The van der Waals surface area contributed by atoms with Crippen molar-refractivity contribution in [1.82, 2.24) is 0 Å². The second-order valence-corrected chi connectivity index (χ2v) is 6.44. The normalized spacial score (nSPS) is 10.6. The summed E-state index contributed by atoms with van der Waals surface area (Å²) in [4.78, 5) is 10.6. The molecule has 3 rings (SSSR count). The predicted octanol–water partition coefficient (Wildman–Crippen LogP) is 5.15. The molecule has 0 fully saturated rings. The maximum Gasteiger partial charge on any atom is 0.341 e. The van der Waals surface area contributed by atoms with E-state index in [1.807, 2.05) is 25.1 Å². The van der Waals surface area contributed by atoms with Gasteiger partial charge in [0, 0.05) is 6.54 Å². The van der Waals surface area contributed by atoms with Crippen LogP contribution in [0, 0.1) is 24.4 Å². The summed E-state index contributed by atoms with van der Waals surface area (Å²) in [6, 6.07) is 13.6. The summed E-state index contributed by atoms with van der Waals surface area (Å²) in [5.74, 6) is -3.90. The Labute approximate surface area is 165 Å². The van der Waals surface area contributed by atoms with E-state index in [1.165, 1.54) is 12.1 Å². The molecule has 0 heterocycles. The third kappa shape index (κ3) is 4.87. The average Bonchev–Trinajstić information content (AvgIpc) is 2.67. The first kappa shape index (κ1) is 20.3. The third-order valence-corrected chi connectivity index (χ3v) is 4.26. The molecule has 0 aliphatic carbocycles. The number of carbonyl (C=O) groups is 1. The van der Waals surface area contributed by atoms with Crippen LogP contribution in [0.2, 0.25) is 0 Å². The summed E-state index contributed by atoms with van der Waals surface area (Å²) in [6.07, 6.45) is 0. The van der Waals surface area contributed by atoms with Crippen molar-refractivity contribution in [1.29, 1.82) is 0 Å². The molecule has 0 atom stereocenters. The minimum atomic E-state index is -1.28. The summed E-state index contributed by atoms with van der Waals surface area (Å²) in [6.45, 7) is 1.19. The number of aliphatic carboxylic acids is 1. The molecule has 0 radical (unpaired) electrons. The zero-order valence-corrected chi connectivity index (χ0v) is 15.5. The van der Waals surface area contributed by atoms with Crippen molar-refractivity contribution in [2.45, 2.75) is 13.5 Å². The molecule has 7 heteroatoms. The second kappa shape index (κ2) is 8.68. The van der Waals surface area contributed by atoms with Crippen LogP contribution in [0.4, 0.5) is 18.9 Å². The molecule has 0 aliphatic rings. The molecule has 150 valence electrons. The molecule has 29 heavy (non-hydrogen) atoms. The van der Waals surface area contributed by atoms with Crippen LogP contribution in [0.3, 0.4) is 0 Å². The SMILES string of the molecule is Cc1ccc(-c2cccc(F)c2)c(CNc2c(F)ccc(OCC(=O)O)c2F)c1. The summed E-state index contributed by atoms with van der Waals surface area (Å²) in [5, 5.41) is 11.4. The van der Waals surface area contributed by atoms with Crippen LogP contribution in [0.25, 0.3) is 11.1 Å². The number of benzene rings is 3. The Morgan fingerprint density at radius 1 is 1.07 bits per heavy atom. The topological polar surface area (TPSA) is 58.6 Å². The first-order valence-corrected chi connectivity index (χ1v) is 8.77. The molecule has 0 unspecified atom stereocenters. The molecule has 4 nitrogen and oxygen atoms in total. The lowest BCUT2D eigenvalue weighted by molar-refractivity contribution is -0.139. The minimum Gasteiger partial charge on any atom is -0.479 e. The maximum atomic E-state index is 14.6. The number of hydrogen-bond donors (Lipinski definition) is 2. The molecule has 3 aromatic rings. The number of halogens is 3. The van der Waals surface area contributed by atoms with Crippen LogP contribution in [0.1, 0.15) is 11.1 Å². The van der Waals surface area contributed by atoms with Gasteiger partial charge in [0.25, 0.3) is 0 Å². The number of ether oxygens (including phenoxy) is 1. The van der Waals surface area contributed by atoms with Crippen molar-refractivity contribution in [3.05, 3.63) is 83.2 Å². The lowest BCUT2D eigenvalue weighted by Gasteiger charge is -2.15. The van der Waals surface area contributed by atoms with E-state index >= 15 is 0 Å². The first-order chi connectivity index (χ1) is 13.8. The molecule has 0 saturated heterocycles. The van der Waals surface area contributed by atoms with Crippen LogP contribution >= 0.6 is 0 Å². The van der Waals surface area contributed by atoms with E-state index in [1.54, 1.807) is 12.1 Å². The number of nitrogens with one attached hydrogen (secondary N) is 1. The number of carboxylic acid groups (broad SMARTS) is 1. The van der Waals surface area contributed by atoms with E-state index in [9.17, 15) is 18.0 Å². The van der Waals surface area contributed by atoms with E-state index in [4.69, 9.17) is 9.84 Å². The standard InChI is InChI=1S/C22H18F3NO3/c1-13-5-6-17(14-3-2-4-16(23)10-14)15(9-13)11-26-22-18(24)7-8-19(21(22)25)29-12-20(27)28/h2-10,26H,11-12H2,1H3,(H,27,28). The van der Waals surface area contributed by atoms with Gasteiger partial charge in [0.2, 0.25) is 0 Å². The van der Waals surface area contributed by atoms with Crippen LogP contribution in [0.15, 0.2) is 54.6 Å². The fraction of sp³-hybridized carbons (Fsp3) is 0.136. The van der Waals surface area contributed by atoms with Crippen molar-refractivity contribution in [3.63, 3.8) is 0 Å². The highest BCUT2D eigenvalue weighted by Crippen LogP contribution is 2.30. The minimum absolute atomic E-state index is 0.0593. The van der Waals surface area contributed by atoms with Gasteiger partial charge in [-0.05, 0) is 47.9 Å². The number of rotatable bonds is 7. The molecular formula is C22H18F3NO3. The summed E-state index contributed by atoms with van der Waals surface area (Å²) in [7, 11) is 0. The quantitative estimate of drug-likeness (QED) is 0.575. The zero-order chi connectivity index (χ0) is 21.0. The third-order valence-electron chi connectivity index (χ3n) is 4.26. The summed E-state index contributed by atoms with van der Waals surface area (Å²) in [5.41, 5.74) is 2.58. The van der Waals surface area contributed by atoms with Crippen LogP contribution in [-0.4, -0.2) is 17.7 Å². The largest absolute Gasteiger partial charge is 0.479 e. The number of hydrogen-bond acceptors (Lipinski definition) is 3. The van der Waals surface area contributed by atoms with Crippen molar-refractivity contribution >= 4 is 11.7 Å².